The van der Waals surface area contributed by atoms with Gasteiger partial charge in [-0.05, 0) is 30.7 Å². The molecule has 2 aromatic carbocycles. The fourth-order valence-corrected chi connectivity index (χ4v) is 3.72. The van der Waals surface area contributed by atoms with E-state index in [2.05, 4.69) is 25.5 Å². The number of nitrogens with zero attached hydrogens (tertiary/aromatic N) is 2. The quantitative estimate of drug-likeness (QED) is 0.361. The number of thioether (sulfide) groups is 1. The van der Waals surface area contributed by atoms with Gasteiger partial charge in [0, 0.05) is 5.69 Å². The molecule has 29 heavy (non-hydrogen) atoms. The Balaban J connectivity index is 1.47. The molecule has 0 aliphatic carbocycles. The minimum atomic E-state index is -0.499. The van der Waals surface area contributed by atoms with Gasteiger partial charge in [0.2, 0.25) is 5.91 Å². The standard InChI is InChI=1S/C19H18N6O3S/c1-11(16(26)20-13-7-8-14-15(9-13)22-17(27)21-14)29-19-24-23-18(28)25(19)10-12-5-3-2-4-6-12/h2-9,11H,10H2,1H3,(H,20,26)(H,23,28)(H2,21,22,27). The highest BCUT2D eigenvalue weighted by Crippen LogP contribution is 2.22. The van der Waals surface area contributed by atoms with Crippen LogP contribution in [0.15, 0.2) is 63.3 Å². The zero-order chi connectivity index (χ0) is 20.4. The molecule has 9 nitrogen and oxygen atoms in total. The van der Waals surface area contributed by atoms with Crippen LogP contribution in [0.3, 0.4) is 0 Å². The monoisotopic (exact) mass is 410 g/mol. The van der Waals surface area contributed by atoms with E-state index in [-0.39, 0.29) is 17.3 Å². The van der Waals surface area contributed by atoms with Crippen molar-refractivity contribution < 1.29 is 4.79 Å². The lowest BCUT2D eigenvalue weighted by Gasteiger charge is -2.12. The van der Waals surface area contributed by atoms with E-state index in [1.54, 1.807) is 25.1 Å². The molecule has 0 fully saturated rings. The normalized spacial score (nSPS) is 12.2. The highest BCUT2D eigenvalue weighted by Gasteiger charge is 2.19. The number of carbonyl (C=O) groups excluding carboxylic acids is 1. The number of carbonyl (C=O) groups is 1. The highest BCUT2D eigenvalue weighted by molar-refractivity contribution is 8.00. The van der Waals surface area contributed by atoms with Gasteiger partial charge in [-0.15, -0.1) is 5.10 Å². The minimum absolute atomic E-state index is 0.242. The minimum Gasteiger partial charge on any atom is -0.325 e. The van der Waals surface area contributed by atoms with Crippen LogP contribution in [0, 0.1) is 0 Å². The molecule has 4 aromatic rings. The average Bonchev–Trinajstić information content (AvgIpc) is 3.24. The number of fused-ring (bicyclic) bond motifs is 1. The number of benzene rings is 2. The van der Waals surface area contributed by atoms with Crippen molar-refractivity contribution in [2.75, 3.05) is 5.32 Å². The second-order valence-corrected chi connectivity index (χ2v) is 7.78. The number of rotatable bonds is 6. The van der Waals surface area contributed by atoms with Crippen LogP contribution in [0.5, 0.6) is 0 Å². The van der Waals surface area contributed by atoms with E-state index in [1.165, 1.54) is 16.3 Å². The number of imidazole rings is 1. The van der Waals surface area contributed by atoms with E-state index in [1.807, 2.05) is 30.3 Å². The SMILES string of the molecule is CC(Sc1n[nH]c(=O)n1Cc1ccccc1)C(=O)Nc1ccc2[nH]c(=O)[nH]c2c1. The number of anilines is 1. The lowest BCUT2D eigenvalue weighted by molar-refractivity contribution is -0.115. The smallest absolute Gasteiger partial charge is 0.325 e. The number of hydrogen-bond donors (Lipinski definition) is 4. The molecule has 0 saturated carbocycles. The van der Waals surface area contributed by atoms with Crippen molar-refractivity contribution in [3.63, 3.8) is 0 Å². The van der Waals surface area contributed by atoms with Gasteiger partial charge < -0.3 is 15.3 Å². The molecule has 2 aromatic heterocycles. The molecule has 0 bridgehead atoms. The summed E-state index contributed by atoms with van der Waals surface area (Å²) in [4.78, 5) is 41.4. The molecule has 10 heteroatoms. The largest absolute Gasteiger partial charge is 0.344 e. The molecule has 1 unspecified atom stereocenters. The summed E-state index contributed by atoms with van der Waals surface area (Å²) < 4.78 is 1.50. The van der Waals surface area contributed by atoms with Crippen LogP contribution in [0.4, 0.5) is 5.69 Å². The van der Waals surface area contributed by atoms with Crippen molar-refractivity contribution in [3.8, 4) is 0 Å². The number of amides is 1. The van der Waals surface area contributed by atoms with Crippen molar-refractivity contribution in [1.29, 1.82) is 0 Å². The Hall–Kier alpha value is -3.53. The van der Waals surface area contributed by atoms with Crippen LogP contribution in [0.2, 0.25) is 0 Å². The molecule has 148 valence electrons. The van der Waals surface area contributed by atoms with E-state index in [4.69, 9.17) is 0 Å². The lowest BCUT2D eigenvalue weighted by Crippen LogP contribution is -2.24. The van der Waals surface area contributed by atoms with Crippen LogP contribution >= 0.6 is 11.8 Å². The number of hydrogen-bond acceptors (Lipinski definition) is 5. The third-order valence-corrected chi connectivity index (χ3v) is 5.43. The number of aromatic amines is 3. The predicted molar refractivity (Wildman–Crippen MR) is 111 cm³/mol. The summed E-state index contributed by atoms with van der Waals surface area (Å²) in [7, 11) is 0. The van der Waals surface area contributed by atoms with Gasteiger partial charge >= 0.3 is 11.4 Å². The van der Waals surface area contributed by atoms with Gasteiger partial charge in [-0.2, -0.15) is 0 Å². The first kappa shape index (κ1) is 18.8. The fraction of sp³-hybridized carbons (Fsp3) is 0.158. The summed E-state index contributed by atoms with van der Waals surface area (Å²) >= 11 is 1.19. The first-order valence-electron chi connectivity index (χ1n) is 8.88. The summed E-state index contributed by atoms with van der Waals surface area (Å²) in [5.74, 6) is -0.242. The lowest BCUT2D eigenvalue weighted by atomic mass is 10.2. The van der Waals surface area contributed by atoms with Gasteiger partial charge in [0.05, 0.1) is 22.8 Å². The van der Waals surface area contributed by atoms with Crippen LogP contribution < -0.4 is 16.7 Å². The fourth-order valence-electron chi connectivity index (χ4n) is 2.86. The number of nitrogens with one attached hydrogen (secondary N) is 4. The van der Waals surface area contributed by atoms with Crippen LogP contribution in [-0.2, 0) is 11.3 Å². The summed E-state index contributed by atoms with van der Waals surface area (Å²) in [6, 6.07) is 14.7. The molecule has 2 heterocycles. The van der Waals surface area contributed by atoms with Gasteiger partial charge in [0.1, 0.15) is 0 Å². The van der Waals surface area contributed by atoms with Gasteiger partial charge in [0.25, 0.3) is 0 Å². The highest BCUT2D eigenvalue weighted by atomic mass is 32.2. The summed E-state index contributed by atoms with van der Waals surface area (Å²) in [5, 5.41) is 9.25. The summed E-state index contributed by atoms with van der Waals surface area (Å²) in [5.41, 5.74) is 2.17. The Morgan fingerprint density at radius 1 is 1.14 bits per heavy atom. The van der Waals surface area contributed by atoms with Crippen molar-refractivity contribution in [2.24, 2.45) is 0 Å². The molecular formula is C19H18N6O3S. The first-order chi connectivity index (χ1) is 14.0. The molecule has 4 rings (SSSR count). The maximum Gasteiger partial charge on any atom is 0.344 e. The Morgan fingerprint density at radius 3 is 2.69 bits per heavy atom. The molecule has 0 saturated heterocycles. The zero-order valence-corrected chi connectivity index (χ0v) is 16.2. The molecular weight excluding hydrogens is 392 g/mol. The predicted octanol–water partition coefficient (Wildman–Crippen LogP) is 1.91. The zero-order valence-electron chi connectivity index (χ0n) is 15.4. The molecule has 4 N–H and O–H groups in total. The van der Waals surface area contributed by atoms with E-state index in [0.717, 1.165) is 5.56 Å². The van der Waals surface area contributed by atoms with Crippen molar-refractivity contribution in [2.45, 2.75) is 23.9 Å². The van der Waals surface area contributed by atoms with Gasteiger partial charge in [0.15, 0.2) is 5.16 Å². The van der Waals surface area contributed by atoms with Crippen molar-refractivity contribution in [3.05, 3.63) is 75.1 Å². The molecule has 0 spiro atoms. The van der Waals surface area contributed by atoms with E-state index < -0.39 is 5.25 Å². The van der Waals surface area contributed by atoms with Gasteiger partial charge in [-0.25, -0.2) is 14.7 Å². The van der Waals surface area contributed by atoms with Crippen molar-refractivity contribution >= 4 is 34.4 Å². The molecule has 1 amide bonds. The second kappa shape index (κ2) is 7.84. The summed E-state index contributed by atoms with van der Waals surface area (Å²) in [6.07, 6.45) is 0. The maximum atomic E-state index is 12.6. The van der Waals surface area contributed by atoms with Gasteiger partial charge in [-0.3, -0.25) is 9.36 Å². The van der Waals surface area contributed by atoms with Crippen LogP contribution in [-0.4, -0.2) is 35.9 Å². The van der Waals surface area contributed by atoms with Crippen LogP contribution in [0.1, 0.15) is 12.5 Å². The van der Waals surface area contributed by atoms with Gasteiger partial charge in [-0.1, -0.05) is 42.1 Å². The topological polar surface area (TPSA) is 128 Å². The van der Waals surface area contributed by atoms with E-state index in [0.29, 0.717) is 28.4 Å². The third-order valence-electron chi connectivity index (χ3n) is 4.34. The van der Waals surface area contributed by atoms with E-state index in [9.17, 15) is 14.4 Å². The Kier molecular flexibility index (Phi) is 5.09. The molecule has 0 aliphatic heterocycles. The average molecular weight is 410 g/mol. The Bertz CT molecular complexity index is 1270. The van der Waals surface area contributed by atoms with Crippen molar-refractivity contribution in [1.82, 2.24) is 24.7 Å². The molecule has 0 radical (unpaired) electrons. The Labute approximate surface area is 168 Å². The second-order valence-electron chi connectivity index (χ2n) is 6.47. The van der Waals surface area contributed by atoms with E-state index >= 15 is 0 Å². The third kappa shape index (κ3) is 4.16. The molecule has 0 aliphatic rings. The first-order valence-corrected chi connectivity index (χ1v) is 9.76. The molecule has 1 atom stereocenters. The maximum absolute atomic E-state index is 12.6. The number of H-pyrrole nitrogens is 3. The summed E-state index contributed by atoms with van der Waals surface area (Å²) in [6.45, 7) is 2.10. The Morgan fingerprint density at radius 2 is 1.90 bits per heavy atom. The van der Waals surface area contributed by atoms with Crippen LogP contribution in [0.25, 0.3) is 11.0 Å². The number of aromatic nitrogens is 5.